The summed E-state index contributed by atoms with van der Waals surface area (Å²) in [5, 5.41) is 3.08. The molecule has 5 heteroatoms. The molecule has 1 aliphatic heterocycles. The first-order valence-electron chi connectivity index (χ1n) is 7.80. The average molecular weight is 290 g/mol. The molecule has 1 N–H and O–H groups in total. The van der Waals surface area contributed by atoms with Crippen LogP contribution in [0.4, 0.5) is 0 Å². The quantitative estimate of drug-likeness (QED) is 0.840. The van der Waals surface area contributed by atoms with Crippen LogP contribution < -0.4 is 5.32 Å². The van der Waals surface area contributed by atoms with E-state index in [1.165, 1.54) is 0 Å². The Morgan fingerprint density at radius 1 is 1.33 bits per heavy atom. The summed E-state index contributed by atoms with van der Waals surface area (Å²) in [6.45, 7) is 9.93. The predicted molar refractivity (Wildman–Crippen MR) is 84.1 cm³/mol. The lowest BCUT2D eigenvalue weighted by Gasteiger charge is -2.33. The molecule has 1 saturated heterocycles. The standard InChI is InChI=1S/C16H26N4O/c1-3-19-7-9-20(10-8-19)13-16(21)18-14(2)11-15-5-4-6-17-12-15/h4-6,12,14H,3,7-11,13H2,1-2H3,(H,18,21)/t14-/m0/s1. The van der Waals surface area contributed by atoms with Crippen molar-refractivity contribution in [2.45, 2.75) is 26.3 Å². The molecule has 1 fully saturated rings. The molecule has 1 aromatic heterocycles. The largest absolute Gasteiger partial charge is 0.352 e. The third-order valence-corrected chi connectivity index (χ3v) is 3.95. The van der Waals surface area contributed by atoms with Crippen LogP contribution in [0, 0.1) is 0 Å². The Balaban J connectivity index is 1.69. The van der Waals surface area contributed by atoms with Crippen molar-refractivity contribution < 1.29 is 4.79 Å². The molecule has 0 aliphatic carbocycles. The lowest BCUT2D eigenvalue weighted by Crippen LogP contribution is -2.50. The number of hydrogen-bond acceptors (Lipinski definition) is 4. The summed E-state index contributed by atoms with van der Waals surface area (Å²) in [7, 11) is 0. The van der Waals surface area contributed by atoms with Crippen LogP contribution in [-0.4, -0.2) is 66.0 Å². The minimum Gasteiger partial charge on any atom is -0.352 e. The maximum atomic E-state index is 12.1. The SMILES string of the molecule is CCN1CCN(CC(=O)N[C@@H](C)Cc2cccnc2)CC1. The number of piperazine rings is 1. The molecule has 0 radical (unpaired) electrons. The number of hydrogen-bond donors (Lipinski definition) is 1. The molecule has 1 aliphatic rings. The summed E-state index contributed by atoms with van der Waals surface area (Å²) >= 11 is 0. The van der Waals surface area contributed by atoms with Gasteiger partial charge in [-0.15, -0.1) is 0 Å². The number of likely N-dealkylation sites (N-methyl/N-ethyl adjacent to an activating group) is 1. The number of carbonyl (C=O) groups excluding carboxylic acids is 1. The summed E-state index contributed by atoms with van der Waals surface area (Å²) in [5.74, 6) is 0.122. The van der Waals surface area contributed by atoms with Gasteiger partial charge in [-0.25, -0.2) is 0 Å². The second kappa shape index (κ2) is 8.10. The van der Waals surface area contributed by atoms with Crippen LogP contribution in [0.25, 0.3) is 0 Å². The van der Waals surface area contributed by atoms with Gasteiger partial charge in [0.2, 0.25) is 5.91 Å². The molecule has 116 valence electrons. The molecule has 2 heterocycles. The van der Waals surface area contributed by atoms with E-state index < -0.39 is 0 Å². The van der Waals surface area contributed by atoms with Crippen molar-refractivity contribution in [2.75, 3.05) is 39.3 Å². The smallest absolute Gasteiger partial charge is 0.234 e. The molecule has 1 atom stereocenters. The average Bonchev–Trinajstić information content (AvgIpc) is 2.48. The Kier molecular flexibility index (Phi) is 6.14. The first-order valence-corrected chi connectivity index (χ1v) is 7.80. The van der Waals surface area contributed by atoms with E-state index in [0.717, 1.165) is 44.7 Å². The fourth-order valence-corrected chi connectivity index (χ4v) is 2.71. The summed E-state index contributed by atoms with van der Waals surface area (Å²) in [4.78, 5) is 20.8. The van der Waals surface area contributed by atoms with Crippen LogP contribution in [0.3, 0.4) is 0 Å². The van der Waals surface area contributed by atoms with Crippen molar-refractivity contribution >= 4 is 5.91 Å². The Labute approximate surface area is 127 Å². The minimum absolute atomic E-state index is 0.122. The van der Waals surface area contributed by atoms with E-state index in [-0.39, 0.29) is 11.9 Å². The number of rotatable bonds is 6. The summed E-state index contributed by atoms with van der Waals surface area (Å²) in [5.41, 5.74) is 1.15. The van der Waals surface area contributed by atoms with Gasteiger partial charge in [-0.3, -0.25) is 14.7 Å². The van der Waals surface area contributed by atoms with Crippen LogP contribution in [0.2, 0.25) is 0 Å². The third kappa shape index (κ3) is 5.44. The second-order valence-electron chi connectivity index (χ2n) is 5.74. The van der Waals surface area contributed by atoms with Gasteiger partial charge < -0.3 is 10.2 Å². The highest BCUT2D eigenvalue weighted by Crippen LogP contribution is 2.03. The highest BCUT2D eigenvalue weighted by Gasteiger charge is 2.18. The summed E-state index contributed by atoms with van der Waals surface area (Å²) < 4.78 is 0. The lowest BCUT2D eigenvalue weighted by molar-refractivity contribution is -0.123. The van der Waals surface area contributed by atoms with Gasteiger partial charge in [0.05, 0.1) is 6.54 Å². The van der Waals surface area contributed by atoms with Crippen LogP contribution >= 0.6 is 0 Å². The molecular weight excluding hydrogens is 264 g/mol. The number of pyridine rings is 1. The Bertz CT molecular complexity index is 429. The van der Waals surface area contributed by atoms with Crippen molar-refractivity contribution in [1.82, 2.24) is 20.1 Å². The van der Waals surface area contributed by atoms with Gasteiger partial charge in [0.15, 0.2) is 0 Å². The van der Waals surface area contributed by atoms with Gasteiger partial charge in [0, 0.05) is 44.6 Å². The number of aromatic nitrogens is 1. The van der Waals surface area contributed by atoms with E-state index in [1.54, 1.807) is 6.20 Å². The molecule has 0 aromatic carbocycles. The maximum Gasteiger partial charge on any atom is 0.234 e. The summed E-state index contributed by atoms with van der Waals surface area (Å²) in [6, 6.07) is 4.11. The van der Waals surface area contributed by atoms with E-state index in [2.05, 4.69) is 27.0 Å². The monoisotopic (exact) mass is 290 g/mol. The molecule has 0 unspecified atom stereocenters. The van der Waals surface area contributed by atoms with E-state index in [9.17, 15) is 4.79 Å². The van der Waals surface area contributed by atoms with Crippen molar-refractivity contribution in [1.29, 1.82) is 0 Å². The zero-order valence-electron chi connectivity index (χ0n) is 13.1. The molecule has 0 bridgehead atoms. The van der Waals surface area contributed by atoms with Crippen LogP contribution in [0.5, 0.6) is 0 Å². The first-order chi connectivity index (χ1) is 10.2. The normalized spacial score (nSPS) is 18.4. The van der Waals surface area contributed by atoms with Crippen LogP contribution in [0.15, 0.2) is 24.5 Å². The second-order valence-corrected chi connectivity index (χ2v) is 5.74. The fraction of sp³-hybridized carbons (Fsp3) is 0.625. The Morgan fingerprint density at radius 2 is 2.05 bits per heavy atom. The van der Waals surface area contributed by atoms with Crippen LogP contribution in [0.1, 0.15) is 19.4 Å². The first kappa shape index (κ1) is 15.9. The van der Waals surface area contributed by atoms with Gasteiger partial charge in [-0.1, -0.05) is 13.0 Å². The molecule has 1 amide bonds. The number of amides is 1. The molecule has 0 saturated carbocycles. The molecule has 0 spiro atoms. The zero-order valence-corrected chi connectivity index (χ0v) is 13.1. The van der Waals surface area contributed by atoms with Gasteiger partial charge in [0.25, 0.3) is 0 Å². The van der Waals surface area contributed by atoms with Crippen molar-refractivity contribution in [3.63, 3.8) is 0 Å². The van der Waals surface area contributed by atoms with E-state index >= 15 is 0 Å². The van der Waals surface area contributed by atoms with Gasteiger partial charge >= 0.3 is 0 Å². The molecule has 5 nitrogen and oxygen atoms in total. The number of carbonyl (C=O) groups is 1. The molecule has 2 rings (SSSR count). The highest BCUT2D eigenvalue weighted by molar-refractivity contribution is 5.78. The number of nitrogens with one attached hydrogen (secondary N) is 1. The zero-order chi connectivity index (χ0) is 15.1. The third-order valence-electron chi connectivity index (χ3n) is 3.95. The topological polar surface area (TPSA) is 48.5 Å². The van der Waals surface area contributed by atoms with Gasteiger partial charge in [-0.2, -0.15) is 0 Å². The van der Waals surface area contributed by atoms with Gasteiger partial charge in [-0.05, 0) is 31.5 Å². The summed E-state index contributed by atoms with van der Waals surface area (Å²) in [6.07, 6.45) is 4.44. The van der Waals surface area contributed by atoms with Crippen molar-refractivity contribution in [3.05, 3.63) is 30.1 Å². The lowest BCUT2D eigenvalue weighted by atomic mass is 10.1. The van der Waals surface area contributed by atoms with E-state index in [4.69, 9.17) is 0 Å². The maximum absolute atomic E-state index is 12.1. The van der Waals surface area contributed by atoms with Crippen molar-refractivity contribution in [2.24, 2.45) is 0 Å². The Morgan fingerprint density at radius 3 is 2.67 bits per heavy atom. The van der Waals surface area contributed by atoms with Crippen molar-refractivity contribution in [3.8, 4) is 0 Å². The number of nitrogens with zero attached hydrogens (tertiary/aromatic N) is 3. The Hall–Kier alpha value is -1.46. The fourth-order valence-electron chi connectivity index (χ4n) is 2.71. The highest BCUT2D eigenvalue weighted by atomic mass is 16.2. The molecule has 21 heavy (non-hydrogen) atoms. The van der Waals surface area contributed by atoms with Crippen LogP contribution in [-0.2, 0) is 11.2 Å². The predicted octanol–water partition coefficient (Wildman–Crippen LogP) is 0.766. The molecule has 1 aromatic rings. The van der Waals surface area contributed by atoms with Gasteiger partial charge in [0.1, 0.15) is 0 Å². The molecular formula is C16H26N4O. The van der Waals surface area contributed by atoms with E-state index in [1.807, 2.05) is 25.3 Å². The van der Waals surface area contributed by atoms with E-state index in [0.29, 0.717) is 6.54 Å². The minimum atomic E-state index is 0.122.